The number of carbonyl (C=O) groups excluding carboxylic acids is 1. The highest BCUT2D eigenvalue weighted by molar-refractivity contribution is 7.88. The van der Waals surface area contributed by atoms with Crippen LogP contribution in [0.1, 0.15) is 40.6 Å². The molecule has 0 bridgehead atoms. The van der Waals surface area contributed by atoms with E-state index in [4.69, 9.17) is 4.74 Å². The number of ether oxygens (including phenoxy) is 1. The van der Waals surface area contributed by atoms with Crippen LogP contribution in [0, 0.1) is 0 Å². The van der Waals surface area contributed by atoms with Crippen LogP contribution in [0.5, 0.6) is 5.75 Å². The van der Waals surface area contributed by atoms with Crippen LogP contribution in [0.15, 0.2) is 42.6 Å². The molecule has 35 heavy (non-hydrogen) atoms. The molecule has 9 nitrogen and oxygen atoms in total. The molecule has 2 aromatic heterocycles. The summed E-state index contributed by atoms with van der Waals surface area (Å²) in [5.41, 5.74) is 2.72. The number of carbonyl (C=O) groups is 1. The lowest BCUT2D eigenvalue weighted by atomic mass is 9.69. The molecule has 1 saturated heterocycles. The largest absolute Gasteiger partial charge is 0.497 e. The van der Waals surface area contributed by atoms with Gasteiger partial charge in [0.05, 0.1) is 31.5 Å². The number of amides is 1. The summed E-state index contributed by atoms with van der Waals surface area (Å²) in [6.07, 6.45) is 4.01. The third-order valence-electron chi connectivity index (χ3n) is 7.60. The van der Waals surface area contributed by atoms with E-state index in [1.54, 1.807) is 36.4 Å². The summed E-state index contributed by atoms with van der Waals surface area (Å²) in [5.74, 6) is 0.591. The molecule has 2 aliphatic heterocycles. The van der Waals surface area contributed by atoms with Crippen LogP contribution < -0.4 is 4.74 Å². The molecule has 186 valence electrons. The summed E-state index contributed by atoms with van der Waals surface area (Å²) in [6, 6.07) is 10.5. The summed E-state index contributed by atoms with van der Waals surface area (Å²) in [5, 5.41) is 11.4. The highest BCUT2D eigenvalue weighted by atomic mass is 32.2. The number of hydrogen-bond donors (Lipinski definition) is 1. The molecule has 10 heteroatoms. The monoisotopic (exact) mass is 498 g/mol. The molecule has 3 aromatic rings. The first-order valence-corrected chi connectivity index (χ1v) is 13.5. The van der Waals surface area contributed by atoms with Crippen molar-refractivity contribution in [3.05, 3.63) is 59.5 Å². The maximum atomic E-state index is 13.0. The molecule has 0 unspecified atom stereocenters. The number of fused-ring (bicyclic) bond motifs is 4. The van der Waals surface area contributed by atoms with Crippen molar-refractivity contribution >= 4 is 26.8 Å². The van der Waals surface area contributed by atoms with Gasteiger partial charge in [-0.3, -0.25) is 9.78 Å². The topological polar surface area (TPSA) is 105 Å². The predicted octanol–water partition coefficient (Wildman–Crippen LogP) is 2.06. The summed E-state index contributed by atoms with van der Waals surface area (Å²) in [6.45, 7) is 0.925. The van der Waals surface area contributed by atoms with Gasteiger partial charge in [0.15, 0.2) is 0 Å². The van der Waals surface area contributed by atoms with E-state index < -0.39 is 21.5 Å². The summed E-state index contributed by atoms with van der Waals surface area (Å²) in [4.78, 5) is 19.0. The van der Waals surface area contributed by atoms with Gasteiger partial charge in [-0.25, -0.2) is 8.42 Å². The Labute approximate surface area is 205 Å². The molecule has 1 N–H and O–H groups in total. The standard InChI is InChI=1S/C25H30N4O5S/c1-27-20-14-17(34-2)7-8-18(20)22-23(27)21(15-30)29(35(3,32)33)16-25(22)9-12-28(13-10-25)24(31)19-6-4-5-11-26-19/h4-8,11,14,21,30H,9-10,12-13,15-16H2,1-3H3/t21-/m1/s1. The van der Waals surface area contributed by atoms with Crippen molar-refractivity contribution in [2.24, 2.45) is 7.05 Å². The van der Waals surface area contributed by atoms with Gasteiger partial charge in [0.2, 0.25) is 10.0 Å². The Bertz CT molecular complexity index is 1380. The van der Waals surface area contributed by atoms with Crippen molar-refractivity contribution < 1.29 is 23.1 Å². The predicted molar refractivity (Wildman–Crippen MR) is 132 cm³/mol. The van der Waals surface area contributed by atoms with E-state index in [9.17, 15) is 18.3 Å². The van der Waals surface area contributed by atoms with Gasteiger partial charge < -0.3 is 19.3 Å². The third kappa shape index (κ3) is 3.80. The molecule has 1 atom stereocenters. The second-order valence-corrected chi connectivity index (χ2v) is 11.4. The van der Waals surface area contributed by atoms with Gasteiger partial charge >= 0.3 is 0 Å². The van der Waals surface area contributed by atoms with Gasteiger partial charge in [-0.15, -0.1) is 0 Å². The van der Waals surface area contributed by atoms with Crippen LogP contribution in [0.2, 0.25) is 0 Å². The van der Waals surface area contributed by atoms with Gasteiger partial charge in [0.25, 0.3) is 5.91 Å². The molecule has 4 heterocycles. The first-order valence-electron chi connectivity index (χ1n) is 11.6. The zero-order valence-corrected chi connectivity index (χ0v) is 21.0. The molecule has 0 saturated carbocycles. The van der Waals surface area contributed by atoms with E-state index in [-0.39, 0.29) is 19.1 Å². The number of piperidine rings is 1. The van der Waals surface area contributed by atoms with Crippen LogP contribution in [-0.2, 0) is 22.5 Å². The SMILES string of the molecule is COc1ccc2c3c(n(C)c2c1)[C@@H](CO)N(S(C)(=O)=O)CC31CCN(C(=O)c2ccccn2)CC1. The minimum absolute atomic E-state index is 0.118. The number of sulfonamides is 1. The highest BCUT2D eigenvalue weighted by Crippen LogP contribution is 2.50. The zero-order chi connectivity index (χ0) is 25.0. The third-order valence-corrected chi connectivity index (χ3v) is 8.83. The number of nitrogens with zero attached hydrogens (tertiary/aromatic N) is 4. The molecule has 2 aliphatic rings. The normalized spacial score (nSPS) is 20.2. The van der Waals surface area contributed by atoms with Crippen molar-refractivity contribution in [3.8, 4) is 5.75 Å². The van der Waals surface area contributed by atoms with Gasteiger partial charge in [0.1, 0.15) is 11.4 Å². The Hall–Kier alpha value is -2.95. The van der Waals surface area contributed by atoms with E-state index >= 15 is 0 Å². The van der Waals surface area contributed by atoms with Gasteiger partial charge in [0, 0.05) is 55.4 Å². The lowest BCUT2D eigenvalue weighted by Crippen LogP contribution is -2.55. The van der Waals surface area contributed by atoms with Gasteiger partial charge in [-0.05, 0) is 42.7 Å². The first-order chi connectivity index (χ1) is 16.7. The average molecular weight is 499 g/mol. The summed E-state index contributed by atoms with van der Waals surface area (Å²) < 4.78 is 34.6. The number of benzene rings is 1. The maximum Gasteiger partial charge on any atom is 0.272 e. The molecule has 1 aromatic carbocycles. The van der Waals surface area contributed by atoms with Gasteiger partial charge in [-0.2, -0.15) is 4.31 Å². The Morgan fingerprint density at radius 2 is 1.97 bits per heavy atom. The number of likely N-dealkylation sites (tertiary alicyclic amines) is 1. The summed E-state index contributed by atoms with van der Waals surface area (Å²) >= 11 is 0. The Morgan fingerprint density at radius 1 is 1.23 bits per heavy atom. The van der Waals surface area contributed by atoms with Crippen LogP contribution in [0.4, 0.5) is 0 Å². The minimum atomic E-state index is -3.60. The van der Waals surface area contributed by atoms with Crippen molar-refractivity contribution in [1.82, 2.24) is 18.8 Å². The van der Waals surface area contributed by atoms with E-state index in [1.165, 1.54) is 10.6 Å². The molecule has 0 radical (unpaired) electrons. The summed E-state index contributed by atoms with van der Waals surface area (Å²) in [7, 11) is -0.0822. The van der Waals surface area contributed by atoms with Crippen molar-refractivity contribution in [2.75, 3.05) is 39.6 Å². The molecule has 1 fully saturated rings. The number of hydrogen-bond acceptors (Lipinski definition) is 6. The van der Waals surface area contributed by atoms with E-state index in [0.717, 1.165) is 22.2 Å². The van der Waals surface area contributed by atoms with Crippen LogP contribution in [0.3, 0.4) is 0 Å². The van der Waals surface area contributed by atoms with E-state index in [0.29, 0.717) is 37.4 Å². The fourth-order valence-corrected chi connectivity index (χ4v) is 6.97. The van der Waals surface area contributed by atoms with Crippen LogP contribution in [-0.4, -0.2) is 77.8 Å². The van der Waals surface area contributed by atoms with Crippen molar-refractivity contribution in [1.29, 1.82) is 0 Å². The number of aryl methyl sites for hydroxylation is 1. The first kappa shape index (κ1) is 23.8. The fourth-order valence-electron chi connectivity index (χ4n) is 5.86. The highest BCUT2D eigenvalue weighted by Gasteiger charge is 2.50. The number of aliphatic hydroxyl groups is 1. The average Bonchev–Trinajstić information content (AvgIpc) is 3.17. The van der Waals surface area contributed by atoms with Crippen LogP contribution >= 0.6 is 0 Å². The number of methoxy groups -OCH3 is 1. The fraction of sp³-hybridized carbons (Fsp3) is 0.440. The molecule has 5 rings (SSSR count). The number of rotatable bonds is 4. The molecular formula is C25H30N4O5S. The molecule has 0 aliphatic carbocycles. The van der Waals surface area contributed by atoms with Crippen molar-refractivity contribution in [2.45, 2.75) is 24.3 Å². The zero-order valence-electron chi connectivity index (χ0n) is 20.1. The molecular weight excluding hydrogens is 468 g/mol. The minimum Gasteiger partial charge on any atom is -0.497 e. The smallest absolute Gasteiger partial charge is 0.272 e. The number of pyridine rings is 1. The van der Waals surface area contributed by atoms with E-state index in [1.807, 2.05) is 29.8 Å². The lowest BCUT2D eigenvalue weighted by molar-refractivity contribution is 0.0593. The quantitative estimate of drug-likeness (QED) is 0.591. The van der Waals surface area contributed by atoms with Crippen LogP contribution in [0.25, 0.3) is 10.9 Å². The van der Waals surface area contributed by atoms with Gasteiger partial charge in [-0.1, -0.05) is 6.07 Å². The maximum absolute atomic E-state index is 13.0. The second-order valence-electron chi connectivity index (χ2n) is 9.50. The molecule has 1 amide bonds. The number of aromatic nitrogens is 2. The molecule has 1 spiro atoms. The second kappa shape index (κ2) is 8.61. The Balaban J connectivity index is 1.62. The Morgan fingerprint density at radius 3 is 2.57 bits per heavy atom. The lowest BCUT2D eigenvalue weighted by Gasteiger charge is -2.49. The van der Waals surface area contributed by atoms with E-state index in [2.05, 4.69) is 4.98 Å². The Kier molecular flexibility index (Phi) is 5.85. The number of aliphatic hydroxyl groups excluding tert-OH is 1. The van der Waals surface area contributed by atoms with Crippen molar-refractivity contribution in [3.63, 3.8) is 0 Å².